The SMILES string of the molecule is O=C(CCc1ccccc1)C(=O)OC1CCCCC1Cl. The van der Waals surface area contributed by atoms with E-state index in [2.05, 4.69) is 0 Å². The van der Waals surface area contributed by atoms with Crippen molar-refractivity contribution in [2.75, 3.05) is 0 Å². The zero-order valence-corrected chi connectivity index (χ0v) is 12.1. The van der Waals surface area contributed by atoms with Crippen molar-refractivity contribution >= 4 is 23.4 Å². The number of rotatable bonds is 5. The molecule has 2 atom stereocenters. The fourth-order valence-corrected chi connectivity index (χ4v) is 2.72. The smallest absolute Gasteiger partial charge is 0.374 e. The van der Waals surface area contributed by atoms with E-state index in [1.165, 1.54) is 0 Å². The highest BCUT2D eigenvalue weighted by Crippen LogP contribution is 2.25. The quantitative estimate of drug-likeness (QED) is 0.475. The second-order valence-corrected chi connectivity index (χ2v) is 5.71. The van der Waals surface area contributed by atoms with Gasteiger partial charge in [-0.25, -0.2) is 4.79 Å². The van der Waals surface area contributed by atoms with E-state index in [9.17, 15) is 9.59 Å². The van der Waals surface area contributed by atoms with Gasteiger partial charge < -0.3 is 4.74 Å². The molecule has 0 aliphatic heterocycles. The lowest BCUT2D eigenvalue weighted by Crippen LogP contribution is -2.33. The molecule has 0 heterocycles. The molecule has 2 rings (SSSR count). The lowest BCUT2D eigenvalue weighted by atomic mass is 9.97. The van der Waals surface area contributed by atoms with Gasteiger partial charge in [0, 0.05) is 6.42 Å². The average Bonchev–Trinajstić information content (AvgIpc) is 2.48. The van der Waals surface area contributed by atoms with E-state index in [0.29, 0.717) is 6.42 Å². The molecule has 1 saturated carbocycles. The average molecular weight is 295 g/mol. The molecule has 1 aliphatic carbocycles. The first-order valence-corrected chi connectivity index (χ1v) is 7.52. The van der Waals surface area contributed by atoms with Crippen molar-refractivity contribution < 1.29 is 14.3 Å². The van der Waals surface area contributed by atoms with Crippen molar-refractivity contribution in [3.05, 3.63) is 35.9 Å². The number of carbonyl (C=O) groups excluding carboxylic acids is 2. The van der Waals surface area contributed by atoms with E-state index in [-0.39, 0.29) is 17.9 Å². The molecule has 0 spiro atoms. The fraction of sp³-hybridized carbons (Fsp3) is 0.500. The third kappa shape index (κ3) is 4.34. The predicted octanol–water partition coefficient (Wildman–Crippen LogP) is 3.28. The van der Waals surface area contributed by atoms with E-state index in [1.807, 2.05) is 30.3 Å². The Morgan fingerprint density at radius 3 is 2.55 bits per heavy atom. The van der Waals surface area contributed by atoms with Crippen LogP contribution in [0.1, 0.15) is 37.7 Å². The number of hydrogen-bond acceptors (Lipinski definition) is 3. The molecule has 1 aromatic carbocycles. The van der Waals surface area contributed by atoms with Gasteiger partial charge in [0.25, 0.3) is 0 Å². The summed E-state index contributed by atoms with van der Waals surface area (Å²) in [6.07, 6.45) is 4.10. The van der Waals surface area contributed by atoms with Gasteiger partial charge in [-0.3, -0.25) is 4.79 Å². The first kappa shape index (κ1) is 15.0. The molecule has 1 aliphatic rings. The Labute approximate surface area is 124 Å². The minimum Gasteiger partial charge on any atom is -0.455 e. The molecular formula is C16H19ClO3. The predicted molar refractivity (Wildman–Crippen MR) is 77.8 cm³/mol. The van der Waals surface area contributed by atoms with Crippen molar-refractivity contribution in [2.24, 2.45) is 0 Å². The van der Waals surface area contributed by atoms with Gasteiger partial charge in [-0.15, -0.1) is 11.6 Å². The molecule has 0 amide bonds. The summed E-state index contributed by atoms with van der Waals surface area (Å²) in [5.41, 5.74) is 1.04. The van der Waals surface area contributed by atoms with Gasteiger partial charge in [0.1, 0.15) is 6.10 Å². The van der Waals surface area contributed by atoms with Crippen LogP contribution in [0.25, 0.3) is 0 Å². The van der Waals surface area contributed by atoms with Gasteiger partial charge >= 0.3 is 5.97 Å². The van der Waals surface area contributed by atoms with Crippen LogP contribution in [0, 0.1) is 0 Å². The molecule has 2 unspecified atom stereocenters. The second-order valence-electron chi connectivity index (χ2n) is 5.15. The zero-order valence-electron chi connectivity index (χ0n) is 11.4. The van der Waals surface area contributed by atoms with Crippen molar-refractivity contribution in [3.63, 3.8) is 0 Å². The lowest BCUT2D eigenvalue weighted by molar-refractivity contribution is -0.158. The number of Topliss-reactive ketones (excluding diaryl/α,β-unsaturated/α-hetero) is 1. The highest BCUT2D eigenvalue weighted by molar-refractivity contribution is 6.33. The third-order valence-corrected chi connectivity index (χ3v) is 4.09. The summed E-state index contributed by atoms with van der Waals surface area (Å²) < 4.78 is 5.23. The number of aryl methyl sites for hydroxylation is 1. The summed E-state index contributed by atoms with van der Waals surface area (Å²) in [6.45, 7) is 0. The Morgan fingerprint density at radius 1 is 1.15 bits per heavy atom. The normalized spacial score (nSPS) is 22.2. The van der Waals surface area contributed by atoms with Gasteiger partial charge in [0.05, 0.1) is 5.38 Å². The van der Waals surface area contributed by atoms with Crippen molar-refractivity contribution in [1.29, 1.82) is 0 Å². The summed E-state index contributed by atoms with van der Waals surface area (Å²) in [5, 5.41) is -0.158. The Morgan fingerprint density at radius 2 is 1.85 bits per heavy atom. The zero-order chi connectivity index (χ0) is 14.4. The van der Waals surface area contributed by atoms with Crippen molar-refractivity contribution in [1.82, 2.24) is 0 Å². The molecule has 0 N–H and O–H groups in total. The number of carbonyl (C=O) groups is 2. The first-order chi connectivity index (χ1) is 9.66. The van der Waals surface area contributed by atoms with Gasteiger partial charge in [0.2, 0.25) is 5.78 Å². The highest BCUT2D eigenvalue weighted by atomic mass is 35.5. The molecule has 1 fully saturated rings. The fourth-order valence-electron chi connectivity index (χ4n) is 2.39. The summed E-state index contributed by atoms with van der Waals surface area (Å²) >= 11 is 6.12. The van der Waals surface area contributed by atoms with E-state index < -0.39 is 11.8 Å². The maximum Gasteiger partial charge on any atom is 0.374 e. The van der Waals surface area contributed by atoms with Crippen LogP contribution >= 0.6 is 11.6 Å². The van der Waals surface area contributed by atoms with Gasteiger partial charge in [-0.05, 0) is 31.2 Å². The molecule has 20 heavy (non-hydrogen) atoms. The molecule has 3 nitrogen and oxygen atoms in total. The number of ketones is 1. The van der Waals surface area contributed by atoms with Crippen LogP contribution in [0.3, 0.4) is 0 Å². The monoisotopic (exact) mass is 294 g/mol. The lowest BCUT2D eigenvalue weighted by Gasteiger charge is -2.26. The Hall–Kier alpha value is -1.35. The summed E-state index contributed by atoms with van der Waals surface area (Å²) in [6, 6.07) is 9.63. The first-order valence-electron chi connectivity index (χ1n) is 7.08. The van der Waals surface area contributed by atoms with Crippen molar-refractivity contribution in [2.45, 2.75) is 50.0 Å². The molecule has 1 aromatic rings. The molecule has 4 heteroatoms. The molecule has 108 valence electrons. The third-order valence-electron chi connectivity index (χ3n) is 3.59. The molecule has 0 aromatic heterocycles. The molecule has 0 radical (unpaired) electrons. The second kappa shape index (κ2) is 7.44. The number of halogens is 1. The minimum absolute atomic E-state index is 0.158. The van der Waals surface area contributed by atoms with Crippen LogP contribution in [0.5, 0.6) is 0 Å². The number of alkyl halides is 1. The van der Waals surface area contributed by atoms with Crippen LogP contribution in [0.15, 0.2) is 30.3 Å². The van der Waals surface area contributed by atoms with Gasteiger partial charge in [0.15, 0.2) is 0 Å². The maximum absolute atomic E-state index is 11.8. The van der Waals surface area contributed by atoms with E-state index in [4.69, 9.17) is 16.3 Å². The van der Waals surface area contributed by atoms with Crippen LogP contribution < -0.4 is 0 Å². The van der Waals surface area contributed by atoms with Crippen LogP contribution in [-0.4, -0.2) is 23.2 Å². The molecule has 0 saturated heterocycles. The molecular weight excluding hydrogens is 276 g/mol. The van der Waals surface area contributed by atoms with Gasteiger partial charge in [-0.2, -0.15) is 0 Å². The van der Waals surface area contributed by atoms with E-state index >= 15 is 0 Å². The van der Waals surface area contributed by atoms with Crippen LogP contribution in [-0.2, 0) is 20.7 Å². The van der Waals surface area contributed by atoms with Crippen LogP contribution in [0.2, 0.25) is 0 Å². The Bertz CT molecular complexity index is 458. The minimum atomic E-state index is -0.738. The van der Waals surface area contributed by atoms with Gasteiger partial charge in [-0.1, -0.05) is 36.8 Å². The largest absolute Gasteiger partial charge is 0.455 e. The molecule has 0 bridgehead atoms. The summed E-state index contributed by atoms with van der Waals surface area (Å²) in [7, 11) is 0. The Kier molecular flexibility index (Phi) is 5.60. The van der Waals surface area contributed by atoms with E-state index in [1.54, 1.807) is 0 Å². The number of esters is 1. The van der Waals surface area contributed by atoms with Crippen LogP contribution in [0.4, 0.5) is 0 Å². The number of ether oxygens (including phenoxy) is 1. The topological polar surface area (TPSA) is 43.4 Å². The number of benzene rings is 1. The summed E-state index contributed by atoms with van der Waals surface area (Å²) in [5.74, 6) is -1.21. The highest BCUT2D eigenvalue weighted by Gasteiger charge is 2.28. The van der Waals surface area contributed by atoms with Crippen molar-refractivity contribution in [3.8, 4) is 0 Å². The summed E-state index contributed by atoms with van der Waals surface area (Å²) in [4.78, 5) is 23.5. The van der Waals surface area contributed by atoms with E-state index in [0.717, 1.165) is 31.2 Å². The maximum atomic E-state index is 11.8. The Balaban J connectivity index is 1.78. The number of hydrogen-bond donors (Lipinski definition) is 0. The standard InChI is InChI=1S/C16H19ClO3/c17-13-8-4-5-9-15(13)20-16(19)14(18)11-10-12-6-2-1-3-7-12/h1-3,6-7,13,15H,4-5,8-11H2.